The Balaban J connectivity index is 0.000000845. The van der Waals surface area contributed by atoms with Crippen molar-refractivity contribution in [2.45, 2.75) is 23.2 Å². The Morgan fingerprint density at radius 3 is 3.00 bits per heavy atom. The molecular formula is C10H13I2N. The van der Waals surface area contributed by atoms with Crippen LogP contribution in [0.25, 0.3) is 0 Å². The smallest absolute Gasteiger partial charge is 0.197 e. The molecular weight excluding hydrogens is 388 g/mol. The Labute approximate surface area is 110 Å². The van der Waals surface area contributed by atoms with Crippen LogP contribution in [0.3, 0.4) is 0 Å². The van der Waals surface area contributed by atoms with Gasteiger partial charge in [-0.25, -0.2) is 4.57 Å². The van der Waals surface area contributed by atoms with Crippen molar-refractivity contribution in [3.63, 3.8) is 0 Å². The summed E-state index contributed by atoms with van der Waals surface area (Å²) in [6, 6.07) is 4.41. The predicted octanol–water partition coefficient (Wildman–Crippen LogP) is -0.673. The van der Waals surface area contributed by atoms with E-state index in [1.165, 1.54) is 25.0 Å². The van der Waals surface area contributed by atoms with Crippen molar-refractivity contribution in [1.82, 2.24) is 0 Å². The molecule has 1 atom stereocenters. The van der Waals surface area contributed by atoms with Gasteiger partial charge in [-0.3, -0.25) is 0 Å². The summed E-state index contributed by atoms with van der Waals surface area (Å²) < 4.78 is 2.99. The van der Waals surface area contributed by atoms with Gasteiger partial charge in [0.2, 0.25) is 0 Å². The molecule has 1 nitrogen and oxygen atoms in total. The van der Waals surface area contributed by atoms with Crippen molar-refractivity contribution in [2.24, 2.45) is 7.05 Å². The van der Waals surface area contributed by atoms with Crippen LogP contribution < -0.4 is 28.5 Å². The molecule has 0 radical (unpaired) electrons. The Kier molecular flexibility index (Phi) is 4.41. The molecule has 2 rings (SSSR count). The zero-order valence-corrected chi connectivity index (χ0v) is 11.9. The molecule has 0 fully saturated rings. The molecule has 0 aliphatic heterocycles. The summed E-state index contributed by atoms with van der Waals surface area (Å²) >= 11 is 2.55. The van der Waals surface area contributed by atoms with Crippen molar-refractivity contribution >= 4 is 22.6 Å². The molecule has 1 aromatic rings. The van der Waals surface area contributed by atoms with Gasteiger partial charge in [-0.2, -0.15) is 0 Å². The van der Waals surface area contributed by atoms with Crippen LogP contribution in [0.4, 0.5) is 0 Å². The molecule has 0 bridgehead atoms. The maximum absolute atomic E-state index is 2.55. The molecule has 1 unspecified atom stereocenters. The first-order valence-electron chi connectivity index (χ1n) is 4.40. The first-order chi connectivity index (χ1) is 5.79. The number of hydrogen-bond donors (Lipinski definition) is 0. The zero-order chi connectivity index (χ0) is 8.55. The second-order valence-corrected chi connectivity index (χ2v) is 4.89. The maximum atomic E-state index is 2.55. The molecule has 3 heteroatoms. The van der Waals surface area contributed by atoms with Gasteiger partial charge < -0.3 is 24.0 Å². The fourth-order valence-electron chi connectivity index (χ4n) is 1.92. The topological polar surface area (TPSA) is 3.88 Å². The molecule has 0 N–H and O–H groups in total. The maximum Gasteiger partial charge on any atom is 0.197 e. The van der Waals surface area contributed by atoms with E-state index >= 15 is 0 Å². The number of nitrogens with zero attached hydrogens (tertiary/aromatic N) is 1. The Hall–Kier alpha value is 0.610. The SMILES string of the molecule is C[n+]1cccc2c1C(I)CCC2.[I-]. The van der Waals surface area contributed by atoms with Gasteiger partial charge in [-0.05, 0) is 25.3 Å². The number of aromatic nitrogens is 1. The van der Waals surface area contributed by atoms with E-state index in [4.69, 9.17) is 0 Å². The van der Waals surface area contributed by atoms with Crippen molar-refractivity contribution < 1.29 is 28.5 Å². The fraction of sp³-hybridized carbons (Fsp3) is 0.500. The van der Waals surface area contributed by atoms with Gasteiger partial charge in [0.1, 0.15) is 7.05 Å². The van der Waals surface area contributed by atoms with Gasteiger partial charge in [0.25, 0.3) is 0 Å². The second kappa shape index (κ2) is 4.91. The minimum Gasteiger partial charge on any atom is -1.00 e. The first-order valence-corrected chi connectivity index (χ1v) is 5.65. The highest BCUT2D eigenvalue weighted by Gasteiger charge is 2.25. The third-order valence-corrected chi connectivity index (χ3v) is 3.73. The second-order valence-electron chi connectivity index (χ2n) is 3.39. The van der Waals surface area contributed by atoms with E-state index in [9.17, 15) is 0 Å². The molecule has 13 heavy (non-hydrogen) atoms. The van der Waals surface area contributed by atoms with E-state index in [-0.39, 0.29) is 24.0 Å². The lowest BCUT2D eigenvalue weighted by molar-refractivity contribution is -0.679. The highest BCUT2D eigenvalue weighted by Crippen LogP contribution is 2.33. The van der Waals surface area contributed by atoms with Crippen LogP contribution in [0, 0.1) is 0 Å². The number of halogens is 2. The number of fused-ring (bicyclic) bond motifs is 1. The summed E-state index contributed by atoms with van der Waals surface area (Å²) in [5.41, 5.74) is 3.08. The summed E-state index contributed by atoms with van der Waals surface area (Å²) in [5.74, 6) is 0. The van der Waals surface area contributed by atoms with Crippen molar-refractivity contribution in [1.29, 1.82) is 0 Å². The largest absolute Gasteiger partial charge is 1.00 e. The lowest BCUT2D eigenvalue weighted by Crippen LogP contribution is -3.00. The fourth-order valence-corrected chi connectivity index (χ4v) is 3.20. The summed E-state index contributed by atoms with van der Waals surface area (Å²) in [5, 5.41) is 0. The van der Waals surface area contributed by atoms with Crippen molar-refractivity contribution in [3.8, 4) is 0 Å². The van der Waals surface area contributed by atoms with Gasteiger partial charge in [0, 0.05) is 11.6 Å². The highest BCUT2D eigenvalue weighted by atomic mass is 127. The molecule has 0 aromatic carbocycles. The first kappa shape index (κ1) is 11.7. The lowest BCUT2D eigenvalue weighted by atomic mass is 9.96. The third-order valence-electron chi connectivity index (χ3n) is 2.52. The Morgan fingerprint density at radius 2 is 2.31 bits per heavy atom. The van der Waals surface area contributed by atoms with Gasteiger partial charge in [0.15, 0.2) is 11.9 Å². The quantitative estimate of drug-likeness (QED) is 0.309. The van der Waals surface area contributed by atoms with Gasteiger partial charge in [0.05, 0.1) is 3.92 Å². The number of hydrogen-bond acceptors (Lipinski definition) is 0. The van der Waals surface area contributed by atoms with Crippen LogP contribution >= 0.6 is 22.6 Å². The minimum atomic E-state index is 0. The summed E-state index contributed by atoms with van der Waals surface area (Å²) in [6.45, 7) is 0. The normalized spacial score (nSPS) is 20.3. The van der Waals surface area contributed by atoms with E-state index in [0.29, 0.717) is 0 Å². The van der Waals surface area contributed by atoms with E-state index in [1.807, 2.05) is 0 Å². The third kappa shape index (κ3) is 2.34. The van der Waals surface area contributed by atoms with Crippen LogP contribution in [0.5, 0.6) is 0 Å². The molecule has 1 heterocycles. The van der Waals surface area contributed by atoms with Gasteiger partial charge in [-0.15, -0.1) is 0 Å². The Morgan fingerprint density at radius 1 is 1.54 bits per heavy atom. The van der Waals surface area contributed by atoms with Crippen LogP contribution in [0.2, 0.25) is 0 Å². The molecule has 0 saturated heterocycles. The molecule has 0 amide bonds. The summed E-state index contributed by atoms with van der Waals surface area (Å²) in [7, 11) is 2.15. The van der Waals surface area contributed by atoms with Crippen molar-refractivity contribution in [2.75, 3.05) is 0 Å². The number of rotatable bonds is 0. The standard InChI is InChI=1S/C10H13IN.HI/c1-12-7-3-5-8-4-2-6-9(11)10(8)12;/h3,5,7,9H,2,4,6H2,1H3;1H/q+1;/p-1. The number of pyridine rings is 1. The summed E-state index contributed by atoms with van der Waals surface area (Å²) in [6.07, 6.45) is 6.11. The van der Waals surface area contributed by atoms with E-state index in [2.05, 4.69) is 52.5 Å². The highest BCUT2D eigenvalue weighted by molar-refractivity contribution is 14.1. The summed E-state index contributed by atoms with van der Waals surface area (Å²) in [4.78, 5) is 0. The van der Waals surface area contributed by atoms with Gasteiger partial charge in [-0.1, -0.05) is 22.6 Å². The van der Waals surface area contributed by atoms with Crippen molar-refractivity contribution in [3.05, 3.63) is 29.6 Å². The average Bonchev–Trinajstić information content (AvgIpc) is 2.04. The number of aryl methyl sites for hydroxylation is 2. The predicted molar refractivity (Wildman–Crippen MR) is 57.3 cm³/mol. The molecule has 1 aliphatic carbocycles. The van der Waals surface area contributed by atoms with E-state index in [1.54, 1.807) is 5.56 Å². The van der Waals surface area contributed by atoms with Gasteiger partial charge >= 0.3 is 0 Å². The van der Waals surface area contributed by atoms with E-state index < -0.39 is 0 Å². The van der Waals surface area contributed by atoms with Crippen LogP contribution in [-0.4, -0.2) is 0 Å². The zero-order valence-electron chi connectivity index (χ0n) is 7.63. The van der Waals surface area contributed by atoms with Crippen LogP contribution in [0.15, 0.2) is 18.3 Å². The van der Waals surface area contributed by atoms with Crippen LogP contribution in [0.1, 0.15) is 28.0 Å². The monoisotopic (exact) mass is 401 g/mol. The average molecular weight is 401 g/mol. The Bertz CT molecular complexity index is 299. The molecule has 1 aliphatic rings. The molecule has 72 valence electrons. The molecule has 1 aromatic heterocycles. The van der Waals surface area contributed by atoms with E-state index in [0.717, 1.165) is 3.92 Å². The van der Waals surface area contributed by atoms with Crippen LogP contribution in [-0.2, 0) is 13.5 Å². The molecule has 0 saturated carbocycles. The lowest BCUT2D eigenvalue weighted by Gasteiger charge is -2.17. The minimum absolute atomic E-state index is 0. The molecule has 0 spiro atoms. The number of alkyl halides is 1.